The minimum absolute atomic E-state index is 0.206. The van der Waals surface area contributed by atoms with Gasteiger partial charge in [-0.25, -0.2) is 0 Å². The minimum Gasteiger partial charge on any atom is -0.489 e. The lowest BCUT2D eigenvalue weighted by Crippen LogP contribution is -2.36. The molecule has 150 valence electrons. The van der Waals surface area contributed by atoms with Crippen LogP contribution in [0, 0.1) is 0 Å². The molecule has 3 unspecified atom stereocenters. The third-order valence-corrected chi connectivity index (χ3v) is 12.0. The molecule has 2 nitrogen and oxygen atoms in total. The molecule has 29 heavy (non-hydrogen) atoms. The number of fused-ring (bicyclic) bond motifs is 3. The van der Waals surface area contributed by atoms with Crippen LogP contribution in [0.5, 0.6) is 0 Å². The van der Waals surface area contributed by atoms with Gasteiger partial charge in [0.15, 0.2) is 0 Å². The summed E-state index contributed by atoms with van der Waals surface area (Å²) in [6, 6.07) is -2.10. The lowest BCUT2D eigenvalue weighted by atomic mass is 10.1. The van der Waals surface area contributed by atoms with Gasteiger partial charge in [0.1, 0.15) is 23.4 Å². The Morgan fingerprint density at radius 2 is 1.45 bits per heavy atom. The quantitative estimate of drug-likeness (QED) is 0.387. The van der Waals surface area contributed by atoms with Crippen LogP contribution in [0.25, 0.3) is 0 Å². The van der Waals surface area contributed by atoms with Crippen molar-refractivity contribution in [1.82, 2.24) is 0 Å². The zero-order valence-corrected chi connectivity index (χ0v) is 18.3. The fraction of sp³-hybridized carbons (Fsp3) is 0.360. The Morgan fingerprint density at radius 3 is 2.31 bits per heavy atom. The van der Waals surface area contributed by atoms with E-state index in [1.54, 1.807) is 0 Å². The fourth-order valence-corrected chi connectivity index (χ4v) is 10.5. The van der Waals surface area contributed by atoms with Crippen molar-refractivity contribution in [2.75, 3.05) is 0 Å². The van der Waals surface area contributed by atoms with Gasteiger partial charge in [0.2, 0.25) is 0 Å². The van der Waals surface area contributed by atoms with Gasteiger partial charge in [0.05, 0.1) is 5.31 Å². The standard InChI is InChI=1S/C25H27O2PS/c29-28-23-17-11-3-1-2-7-13-19(23)26-21-15-9-6-10-16-22(25(21)28)27-20-14-8-4-5-12-18-24(20)28/h4-6,8-10,12,14-16,18-19,23H,1-3,7,11,13,17H2/b5-4-,8-4?,9-6-,10-6?,12-5?,14-8-,15-9?,16-10-,18-12-,20-14?,21-15+,22-16?,24-18?. The first-order valence-corrected chi connectivity index (χ1v) is 13.7. The fourth-order valence-electron chi connectivity index (χ4n) is 4.99. The topological polar surface area (TPSA) is 18.5 Å². The summed E-state index contributed by atoms with van der Waals surface area (Å²) in [5, 5.41) is 2.36. The lowest BCUT2D eigenvalue weighted by molar-refractivity contribution is 0.1000. The van der Waals surface area contributed by atoms with E-state index >= 15 is 0 Å². The Bertz CT molecular complexity index is 986. The van der Waals surface area contributed by atoms with Gasteiger partial charge in [-0.15, -0.1) is 0 Å². The van der Waals surface area contributed by atoms with Gasteiger partial charge in [0, 0.05) is 17.0 Å². The maximum absolute atomic E-state index is 6.76. The van der Waals surface area contributed by atoms with E-state index in [0.717, 1.165) is 35.4 Å². The Kier molecular flexibility index (Phi) is 5.37. The van der Waals surface area contributed by atoms with Crippen molar-refractivity contribution in [3.63, 3.8) is 0 Å². The zero-order chi connectivity index (χ0) is 19.7. The second-order valence-corrected chi connectivity index (χ2v) is 12.8. The average Bonchev–Trinajstić information content (AvgIpc) is 2.78. The predicted octanol–water partition coefficient (Wildman–Crippen LogP) is 7.12. The number of hydrogen-bond acceptors (Lipinski definition) is 3. The van der Waals surface area contributed by atoms with Gasteiger partial charge in [0.25, 0.3) is 0 Å². The molecule has 2 fully saturated rings. The van der Waals surface area contributed by atoms with Gasteiger partial charge in [-0.2, -0.15) is 0 Å². The first kappa shape index (κ1) is 19.2. The second kappa shape index (κ2) is 8.13. The van der Waals surface area contributed by atoms with Crippen LogP contribution >= 0.6 is 6.04 Å². The average molecular weight is 423 g/mol. The van der Waals surface area contributed by atoms with Crippen molar-refractivity contribution in [1.29, 1.82) is 0 Å². The van der Waals surface area contributed by atoms with Gasteiger partial charge in [-0.05, 0) is 43.6 Å². The molecule has 0 aromatic heterocycles. The summed E-state index contributed by atoms with van der Waals surface area (Å²) in [5.41, 5.74) is 0.380. The van der Waals surface area contributed by atoms with Crippen LogP contribution in [0.1, 0.15) is 44.9 Å². The van der Waals surface area contributed by atoms with Crippen molar-refractivity contribution in [3.8, 4) is 0 Å². The molecule has 3 atom stereocenters. The van der Waals surface area contributed by atoms with Gasteiger partial charge in [-0.1, -0.05) is 80.0 Å². The summed E-state index contributed by atoms with van der Waals surface area (Å²) in [7, 11) is 0. The van der Waals surface area contributed by atoms with E-state index in [-0.39, 0.29) is 6.10 Å². The molecule has 1 saturated heterocycles. The molecule has 3 aliphatic carbocycles. The van der Waals surface area contributed by atoms with Crippen molar-refractivity contribution in [2.24, 2.45) is 0 Å². The van der Waals surface area contributed by atoms with Gasteiger partial charge in [-0.3, -0.25) is 0 Å². The van der Waals surface area contributed by atoms with E-state index in [0.29, 0.717) is 5.66 Å². The molecule has 2 aliphatic heterocycles. The van der Waals surface area contributed by atoms with Crippen LogP contribution in [-0.4, -0.2) is 11.8 Å². The maximum Gasteiger partial charge on any atom is 0.139 e. The van der Waals surface area contributed by atoms with Crippen LogP contribution in [0.4, 0.5) is 0 Å². The summed E-state index contributed by atoms with van der Waals surface area (Å²) in [6.45, 7) is 0. The van der Waals surface area contributed by atoms with E-state index in [1.165, 1.54) is 37.4 Å². The van der Waals surface area contributed by atoms with Crippen LogP contribution in [0.2, 0.25) is 0 Å². The Labute approximate surface area is 178 Å². The third-order valence-electron chi connectivity index (χ3n) is 6.34. The smallest absolute Gasteiger partial charge is 0.139 e. The van der Waals surface area contributed by atoms with E-state index < -0.39 is 6.04 Å². The number of hydrogen-bond donors (Lipinski definition) is 0. The Balaban J connectivity index is 1.73. The highest BCUT2D eigenvalue weighted by Crippen LogP contribution is 2.75. The number of allylic oxidation sites excluding steroid dienone is 13. The normalized spacial score (nSPS) is 40.6. The summed E-state index contributed by atoms with van der Waals surface area (Å²) in [5.74, 6) is 2.73. The molecule has 5 aliphatic rings. The highest BCUT2D eigenvalue weighted by molar-refractivity contribution is 8.19. The lowest BCUT2D eigenvalue weighted by Gasteiger charge is -2.47. The van der Waals surface area contributed by atoms with E-state index in [1.807, 2.05) is 18.2 Å². The summed E-state index contributed by atoms with van der Waals surface area (Å²) >= 11 is 6.76. The molecular formula is C25H27O2PS. The van der Waals surface area contributed by atoms with Crippen LogP contribution < -0.4 is 0 Å². The molecule has 0 spiro atoms. The van der Waals surface area contributed by atoms with Gasteiger partial charge >= 0.3 is 0 Å². The Hall–Kier alpha value is -1.83. The molecule has 4 heteroatoms. The second-order valence-electron chi connectivity index (χ2n) is 8.17. The molecule has 0 N–H and O–H groups in total. The number of rotatable bonds is 0. The Morgan fingerprint density at radius 1 is 0.759 bits per heavy atom. The van der Waals surface area contributed by atoms with Crippen LogP contribution in [-0.2, 0) is 21.3 Å². The van der Waals surface area contributed by atoms with E-state index in [2.05, 4.69) is 48.6 Å². The molecule has 0 bridgehead atoms. The first-order chi connectivity index (χ1) is 14.3. The highest BCUT2D eigenvalue weighted by atomic mass is 32.4. The molecule has 5 rings (SSSR count). The third kappa shape index (κ3) is 3.39. The molecule has 1 saturated carbocycles. The monoisotopic (exact) mass is 422 g/mol. The van der Waals surface area contributed by atoms with E-state index in [4.69, 9.17) is 21.3 Å². The van der Waals surface area contributed by atoms with E-state index in [9.17, 15) is 0 Å². The van der Waals surface area contributed by atoms with Crippen molar-refractivity contribution in [2.45, 2.75) is 56.7 Å². The molecule has 0 aromatic rings. The van der Waals surface area contributed by atoms with Gasteiger partial charge < -0.3 is 9.47 Å². The van der Waals surface area contributed by atoms with Crippen LogP contribution in [0.15, 0.2) is 94.7 Å². The minimum atomic E-state index is -2.10. The molecule has 0 radical (unpaired) electrons. The molecule has 0 aromatic carbocycles. The van der Waals surface area contributed by atoms with Crippen molar-refractivity contribution in [3.05, 3.63) is 94.7 Å². The SMILES string of the molecule is S=P12C3=C(\C=C/C=C\C=C/3)OC3=C1C(=C/C=C\C=C/3)\OC1CCCCCCCC12. The predicted molar refractivity (Wildman–Crippen MR) is 124 cm³/mol. The van der Waals surface area contributed by atoms with Crippen molar-refractivity contribution >= 4 is 17.8 Å². The zero-order valence-electron chi connectivity index (χ0n) is 16.6. The molecular weight excluding hydrogens is 395 g/mol. The molecule has 0 amide bonds. The largest absolute Gasteiger partial charge is 0.489 e. The summed E-state index contributed by atoms with van der Waals surface area (Å²) in [4.78, 5) is 0. The molecule has 2 heterocycles. The first-order valence-electron chi connectivity index (χ1n) is 10.8. The maximum atomic E-state index is 6.76. The van der Waals surface area contributed by atoms with Crippen molar-refractivity contribution < 1.29 is 9.47 Å². The number of ether oxygens (including phenoxy) is 2. The van der Waals surface area contributed by atoms with Crippen LogP contribution in [0.3, 0.4) is 0 Å². The summed E-state index contributed by atoms with van der Waals surface area (Å²) < 4.78 is 13.1. The summed E-state index contributed by atoms with van der Waals surface area (Å²) in [6.07, 6.45) is 31.7. The highest BCUT2D eigenvalue weighted by Gasteiger charge is 2.50.